The Bertz CT molecular complexity index is 1360. The van der Waals surface area contributed by atoms with Crippen LogP contribution < -0.4 is 24.4 Å². The molecule has 37 heavy (non-hydrogen) atoms. The molecule has 2 heterocycles. The monoisotopic (exact) mass is 501 g/mol. The van der Waals surface area contributed by atoms with Crippen LogP contribution in [-0.4, -0.2) is 55.6 Å². The third-order valence-corrected chi connectivity index (χ3v) is 5.91. The maximum Gasteiger partial charge on any atom is 0.263 e. The van der Waals surface area contributed by atoms with Crippen molar-refractivity contribution in [2.45, 2.75) is 12.1 Å². The van der Waals surface area contributed by atoms with Crippen molar-refractivity contribution in [1.82, 2.24) is 5.01 Å². The lowest BCUT2D eigenvalue weighted by atomic mass is 10.1. The van der Waals surface area contributed by atoms with Gasteiger partial charge in [0.1, 0.15) is 18.0 Å². The number of anilines is 2. The van der Waals surface area contributed by atoms with Gasteiger partial charge in [0.25, 0.3) is 11.8 Å². The van der Waals surface area contributed by atoms with Crippen molar-refractivity contribution in [2.75, 3.05) is 31.0 Å². The van der Waals surface area contributed by atoms with Gasteiger partial charge < -0.3 is 19.5 Å². The number of amides is 3. The summed E-state index contributed by atoms with van der Waals surface area (Å²) in [4.78, 5) is 39.9. The second kappa shape index (κ2) is 9.97. The molecule has 0 aliphatic carbocycles. The fourth-order valence-corrected chi connectivity index (χ4v) is 4.15. The van der Waals surface area contributed by atoms with Crippen LogP contribution in [0, 0.1) is 0 Å². The van der Waals surface area contributed by atoms with E-state index in [1.807, 2.05) is 30.3 Å². The van der Waals surface area contributed by atoms with Gasteiger partial charge in [-0.2, -0.15) is 5.11 Å². The van der Waals surface area contributed by atoms with Crippen molar-refractivity contribution < 1.29 is 28.6 Å². The van der Waals surface area contributed by atoms with Gasteiger partial charge in [-0.1, -0.05) is 23.4 Å². The lowest BCUT2D eigenvalue weighted by Crippen LogP contribution is -2.43. The molecule has 2 atom stereocenters. The third-order valence-electron chi connectivity index (χ3n) is 5.91. The van der Waals surface area contributed by atoms with Crippen molar-refractivity contribution in [3.05, 3.63) is 72.8 Å². The quantitative estimate of drug-likeness (QED) is 0.469. The largest absolute Gasteiger partial charge is 0.493 e. The van der Waals surface area contributed by atoms with Crippen LogP contribution in [0.25, 0.3) is 0 Å². The molecule has 1 N–H and O–H groups in total. The zero-order valence-corrected chi connectivity index (χ0v) is 20.0. The summed E-state index contributed by atoms with van der Waals surface area (Å²) in [5, 5.41) is 11.9. The highest BCUT2D eigenvalue weighted by atomic mass is 16.5. The van der Waals surface area contributed by atoms with Crippen LogP contribution in [0.5, 0.6) is 23.0 Å². The molecule has 3 aromatic carbocycles. The molecule has 2 aliphatic heterocycles. The number of carbonyl (C=O) groups is 3. The van der Waals surface area contributed by atoms with E-state index in [0.717, 1.165) is 4.90 Å². The molecule has 3 aromatic rings. The number of para-hydroxylation sites is 1. The Morgan fingerprint density at radius 1 is 0.892 bits per heavy atom. The predicted octanol–water partition coefficient (Wildman–Crippen LogP) is 3.43. The first kappa shape index (κ1) is 23.8. The summed E-state index contributed by atoms with van der Waals surface area (Å²) in [7, 11) is 2.95. The van der Waals surface area contributed by atoms with Gasteiger partial charge in [-0.3, -0.25) is 19.4 Å². The van der Waals surface area contributed by atoms with E-state index in [0.29, 0.717) is 34.4 Å². The van der Waals surface area contributed by atoms with E-state index in [9.17, 15) is 14.4 Å². The highest BCUT2D eigenvalue weighted by Crippen LogP contribution is 2.36. The van der Waals surface area contributed by atoms with E-state index in [2.05, 4.69) is 15.7 Å². The molecule has 0 aromatic heterocycles. The average molecular weight is 501 g/mol. The Hall–Kier alpha value is -4.93. The van der Waals surface area contributed by atoms with Gasteiger partial charge >= 0.3 is 0 Å². The first-order chi connectivity index (χ1) is 18.0. The molecule has 11 heteroatoms. The minimum Gasteiger partial charge on any atom is -0.493 e. The van der Waals surface area contributed by atoms with Crippen LogP contribution in [0.4, 0.5) is 11.4 Å². The number of benzene rings is 3. The Morgan fingerprint density at radius 2 is 1.59 bits per heavy atom. The molecule has 0 spiro atoms. The van der Waals surface area contributed by atoms with Crippen LogP contribution in [-0.2, 0) is 14.4 Å². The number of fused-ring (bicyclic) bond motifs is 1. The van der Waals surface area contributed by atoms with E-state index >= 15 is 0 Å². The first-order valence-corrected chi connectivity index (χ1v) is 11.4. The molecule has 5 rings (SSSR count). The van der Waals surface area contributed by atoms with Crippen molar-refractivity contribution in [3.8, 4) is 23.0 Å². The zero-order chi connectivity index (χ0) is 25.9. The van der Waals surface area contributed by atoms with Crippen molar-refractivity contribution >= 4 is 29.1 Å². The lowest BCUT2D eigenvalue weighted by molar-refractivity contribution is -0.123. The third kappa shape index (κ3) is 4.66. The van der Waals surface area contributed by atoms with Gasteiger partial charge in [0, 0.05) is 11.8 Å². The van der Waals surface area contributed by atoms with Crippen molar-refractivity contribution in [3.63, 3.8) is 0 Å². The molecule has 0 unspecified atom stereocenters. The lowest BCUT2D eigenvalue weighted by Gasteiger charge is -2.20. The molecular formula is C26H23N5O6. The van der Waals surface area contributed by atoms with Crippen LogP contribution in [0.1, 0.15) is 0 Å². The first-order valence-electron chi connectivity index (χ1n) is 11.4. The number of rotatable bonds is 8. The highest BCUT2D eigenvalue weighted by Gasteiger charge is 2.55. The summed E-state index contributed by atoms with van der Waals surface area (Å²) in [5.41, 5.74) is 0.860. The second-order valence-electron chi connectivity index (χ2n) is 8.23. The van der Waals surface area contributed by atoms with E-state index in [1.165, 1.54) is 25.3 Å². The van der Waals surface area contributed by atoms with E-state index in [-0.39, 0.29) is 6.54 Å². The maximum absolute atomic E-state index is 13.2. The van der Waals surface area contributed by atoms with Gasteiger partial charge in [-0.15, -0.1) is 0 Å². The smallest absolute Gasteiger partial charge is 0.263 e. The number of imide groups is 1. The van der Waals surface area contributed by atoms with E-state index in [1.54, 1.807) is 36.4 Å². The Labute approximate surface area is 212 Å². The zero-order valence-electron chi connectivity index (χ0n) is 20.0. The number of nitrogens with zero attached hydrogens (tertiary/aromatic N) is 4. The molecule has 0 radical (unpaired) electrons. The summed E-state index contributed by atoms with van der Waals surface area (Å²) < 4.78 is 16.3. The number of methoxy groups -OCH3 is 2. The van der Waals surface area contributed by atoms with Gasteiger partial charge in [-0.25, -0.2) is 4.90 Å². The number of nitrogens with one attached hydrogen (secondary N) is 1. The molecular weight excluding hydrogens is 478 g/mol. The van der Waals surface area contributed by atoms with E-state index in [4.69, 9.17) is 14.2 Å². The minimum absolute atomic E-state index is 0.258. The van der Waals surface area contributed by atoms with E-state index < -0.39 is 29.8 Å². The number of hydrogen-bond donors (Lipinski definition) is 1. The number of ether oxygens (including phenoxy) is 3. The fraction of sp³-hybridized carbons (Fsp3) is 0.192. The molecule has 0 bridgehead atoms. The molecule has 11 nitrogen and oxygen atoms in total. The molecule has 1 fully saturated rings. The molecule has 0 saturated carbocycles. The standard InChI is InChI=1S/C26H23N5O6/c1-35-20-13-10-17(14-21(20)36-2)31-25(33)23-24(26(31)34)30(29-28-23)15-22(32)27-16-8-11-19(12-9-16)37-18-6-4-3-5-7-18/h3-14,23-24H,15H2,1-2H3,(H,27,32)/t23-,24-/m0/s1. The summed E-state index contributed by atoms with van der Waals surface area (Å²) in [6.45, 7) is -0.258. The Kier molecular flexibility index (Phi) is 6.42. The normalized spacial score (nSPS) is 18.1. The second-order valence-corrected chi connectivity index (χ2v) is 8.23. The SMILES string of the molecule is COc1ccc(N2C(=O)[C@H]3N=NN(CC(=O)Nc4ccc(Oc5ccccc5)cc4)[C@@H]3C2=O)cc1OC. The highest BCUT2D eigenvalue weighted by molar-refractivity contribution is 6.25. The Morgan fingerprint density at radius 3 is 2.30 bits per heavy atom. The molecule has 2 aliphatic rings. The van der Waals surface area contributed by atoms with Crippen LogP contribution in [0.15, 0.2) is 83.1 Å². The fourth-order valence-electron chi connectivity index (χ4n) is 4.15. The molecule has 1 saturated heterocycles. The van der Waals surface area contributed by atoms with Gasteiger partial charge in [-0.05, 0) is 48.5 Å². The van der Waals surface area contributed by atoms with Crippen molar-refractivity contribution in [1.29, 1.82) is 0 Å². The van der Waals surface area contributed by atoms with Gasteiger partial charge in [0.05, 0.1) is 19.9 Å². The number of carbonyl (C=O) groups excluding carboxylic acids is 3. The van der Waals surface area contributed by atoms with Crippen molar-refractivity contribution in [2.24, 2.45) is 10.3 Å². The summed E-state index contributed by atoms with van der Waals surface area (Å²) >= 11 is 0. The summed E-state index contributed by atoms with van der Waals surface area (Å²) in [6.07, 6.45) is 0. The minimum atomic E-state index is -1.03. The number of hydrogen-bond acceptors (Lipinski definition) is 9. The maximum atomic E-state index is 13.2. The van der Waals surface area contributed by atoms with Gasteiger partial charge in [0.2, 0.25) is 5.91 Å². The van der Waals surface area contributed by atoms with Crippen LogP contribution >= 0.6 is 0 Å². The van der Waals surface area contributed by atoms with Crippen LogP contribution in [0.2, 0.25) is 0 Å². The summed E-state index contributed by atoms with van der Waals surface area (Å²) in [5.74, 6) is 0.683. The predicted molar refractivity (Wildman–Crippen MR) is 133 cm³/mol. The van der Waals surface area contributed by atoms with Crippen LogP contribution in [0.3, 0.4) is 0 Å². The molecule has 3 amide bonds. The molecule has 188 valence electrons. The summed E-state index contributed by atoms with van der Waals surface area (Å²) in [6, 6.07) is 18.9. The Balaban J connectivity index is 1.23. The topological polar surface area (TPSA) is 122 Å². The van der Waals surface area contributed by atoms with Gasteiger partial charge in [0.15, 0.2) is 23.6 Å². The average Bonchev–Trinajstić information content (AvgIpc) is 3.44.